The van der Waals surface area contributed by atoms with Crippen LogP contribution in [0, 0.1) is 6.92 Å². The van der Waals surface area contributed by atoms with Gasteiger partial charge in [-0.2, -0.15) is 0 Å². The third-order valence-electron chi connectivity index (χ3n) is 4.33. The molecule has 2 N–H and O–H groups in total. The second-order valence-electron chi connectivity index (χ2n) is 6.24. The highest BCUT2D eigenvalue weighted by molar-refractivity contribution is 5.94. The fourth-order valence-corrected chi connectivity index (χ4v) is 2.98. The zero-order chi connectivity index (χ0) is 16.2. The molecule has 3 rings (SSSR count). The number of benzene rings is 1. The second kappa shape index (κ2) is 6.86. The summed E-state index contributed by atoms with van der Waals surface area (Å²) in [6, 6.07) is 7.75. The van der Waals surface area contributed by atoms with E-state index < -0.39 is 0 Å². The smallest absolute Gasteiger partial charge is 0.251 e. The van der Waals surface area contributed by atoms with E-state index in [1.54, 1.807) is 6.20 Å². The highest BCUT2D eigenvalue weighted by atomic mass is 16.1. The van der Waals surface area contributed by atoms with Gasteiger partial charge in [-0.25, -0.2) is 4.98 Å². The summed E-state index contributed by atoms with van der Waals surface area (Å²) < 4.78 is 0. The van der Waals surface area contributed by atoms with Crippen LogP contribution in [-0.4, -0.2) is 29.0 Å². The zero-order valence-electron chi connectivity index (χ0n) is 13.8. The van der Waals surface area contributed by atoms with Crippen LogP contribution in [0.4, 0.5) is 5.69 Å². The van der Waals surface area contributed by atoms with Crippen LogP contribution < -0.4 is 10.2 Å². The van der Waals surface area contributed by atoms with Gasteiger partial charge in [0.15, 0.2) is 0 Å². The summed E-state index contributed by atoms with van der Waals surface area (Å²) in [7, 11) is 0. The number of aromatic amines is 1. The summed E-state index contributed by atoms with van der Waals surface area (Å²) in [4.78, 5) is 22.2. The third-order valence-corrected chi connectivity index (χ3v) is 4.33. The van der Waals surface area contributed by atoms with E-state index in [1.807, 2.05) is 38.1 Å². The lowest BCUT2D eigenvalue weighted by atomic mass is 10.1. The maximum Gasteiger partial charge on any atom is 0.251 e. The SMILES string of the molecule is Cc1cnc([C@@H](C)NC(=O)c2ccc(N3CCCCC3)cc2)[nH]1. The van der Waals surface area contributed by atoms with Gasteiger partial charge in [-0.3, -0.25) is 4.79 Å². The molecular weight excluding hydrogens is 288 g/mol. The molecule has 0 aliphatic carbocycles. The van der Waals surface area contributed by atoms with E-state index in [4.69, 9.17) is 0 Å². The normalized spacial score (nSPS) is 16.2. The number of rotatable bonds is 4. The van der Waals surface area contributed by atoms with Crippen molar-refractivity contribution < 1.29 is 4.79 Å². The second-order valence-corrected chi connectivity index (χ2v) is 6.24. The van der Waals surface area contributed by atoms with Gasteiger partial charge in [-0.05, 0) is 57.4 Å². The van der Waals surface area contributed by atoms with Gasteiger partial charge in [0, 0.05) is 36.2 Å². The van der Waals surface area contributed by atoms with Crippen molar-refractivity contribution in [2.45, 2.75) is 39.2 Å². The van der Waals surface area contributed by atoms with Gasteiger partial charge in [-0.1, -0.05) is 0 Å². The van der Waals surface area contributed by atoms with Crippen molar-refractivity contribution in [1.82, 2.24) is 15.3 Å². The Bertz CT molecular complexity index is 656. The summed E-state index contributed by atoms with van der Waals surface area (Å²) in [5.74, 6) is 0.706. The number of hydrogen-bond donors (Lipinski definition) is 2. The van der Waals surface area contributed by atoms with Crippen molar-refractivity contribution in [3.63, 3.8) is 0 Å². The molecule has 1 aliphatic heterocycles. The lowest BCUT2D eigenvalue weighted by Crippen LogP contribution is -2.29. The monoisotopic (exact) mass is 312 g/mol. The number of imidazole rings is 1. The molecule has 0 spiro atoms. The van der Waals surface area contributed by atoms with E-state index >= 15 is 0 Å². The van der Waals surface area contributed by atoms with Gasteiger partial charge in [0.2, 0.25) is 0 Å². The van der Waals surface area contributed by atoms with Crippen LogP contribution in [0.5, 0.6) is 0 Å². The average molecular weight is 312 g/mol. The first kappa shape index (κ1) is 15.6. The van der Waals surface area contributed by atoms with Crippen LogP contribution in [0.1, 0.15) is 54.1 Å². The van der Waals surface area contributed by atoms with Crippen LogP contribution >= 0.6 is 0 Å². The van der Waals surface area contributed by atoms with Crippen LogP contribution in [0.25, 0.3) is 0 Å². The largest absolute Gasteiger partial charge is 0.372 e. The first-order valence-electron chi connectivity index (χ1n) is 8.31. The van der Waals surface area contributed by atoms with Crippen molar-refractivity contribution in [3.8, 4) is 0 Å². The Morgan fingerprint density at radius 3 is 2.52 bits per heavy atom. The van der Waals surface area contributed by atoms with E-state index in [-0.39, 0.29) is 11.9 Å². The molecule has 1 aromatic carbocycles. The van der Waals surface area contributed by atoms with Gasteiger partial charge in [0.25, 0.3) is 5.91 Å². The Balaban J connectivity index is 1.63. The predicted octanol–water partition coefficient (Wildman–Crippen LogP) is 3.20. The molecule has 2 heterocycles. The first-order valence-corrected chi connectivity index (χ1v) is 8.31. The minimum atomic E-state index is -0.141. The number of aromatic nitrogens is 2. The molecule has 1 saturated heterocycles. The fraction of sp³-hybridized carbons (Fsp3) is 0.444. The fourth-order valence-electron chi connectivity index (χ4n) is 2.98. The molecule has 5 nitrogen and oxygen atoms in total. The van der Waals surface area contributed by atoms with Gasteiger partial charge in [0.1, 0.15) is 5.82 Å². The maximum absolute atomic E-state index is 12.4. The zero-order valence-corrected chi connectivity index (χ0v) is 13.8. The van der Waals surface area contributed by atoms with E-state index in [9.17, 15) is 4.79 Å². The number of carbonyl (C=O) groups is 1. The Labute approximate surface area is 137 Å². The third kappa shape index (κ3) is 3.73. The number of aryl methyl sites for hydroxylation is 1. The van der Waals surface area contributed by atoms with E-state index in [0.29, 0.717) is 5.56 Å². The molecule has 0 saturated carbocycles. The Morgan fingerprint density at radius 1 is 1.22 bits per heavy atom. The minimum absolute atomic E-state index is 0.0725. The summed E-state index contributed by atoms with van der Waals surface area (Å²) in [5, 5.41) is 2.98. The van der Waals surface area contributed by atoms with Crippen LogP contribution in [0.15, 0.2) is 30.5 Å². The molecule has 0 unspecified atom stereocenters. The molecular formula is C18H24N4O. The molecule has 0 bridgehead atoms. The highest BCUT2D eigenvalue weighted by Crippen LogP contribution is 2.20. The van der Waals surface area contributed by atoms with Crippen molar-refractivity contribution in [3.05, 3.63) is 47.5 Å². The summed E-state index contributed by atoms with van der Waals surface area (Å²) in [6.45, 7) is 6.10. The molecule has 23 heavy (non-hydrogen) atoms. The highest BCUT2D eigenvalue weighted by Gasteiger charge is 2.15. The van der Waals surface area contributed by atoms with E-state index in [1.165, 1.54) is 24.9 Å². The number of H-pyrrole nitrogens is 1. The Morgan fingerprint density at radius 2 is 1.91 bits per heavy atom. The van der Waals surface area contributed by atoms with Gasteiger partial charge >= 0.3 is 0 Å². The summed E-state index contributed by atoms with van der Waals surface area (Å²) in [6.07, 6.45) is 5.59. The number of carbonyl (C=O) groups excluding carboxylic acids is 1. The summed E-state index contributed by atoms with van der Waals surface area (Å²) >= 11 is 0. The van der Waals surface area contributed by atoms with Crippen LogP contribution in [-0.2, 0) is 0 Å². The number of nitrogens with zero attached hydrogens (tertiary/aromatic N) is 2. The van der Waals surface area contributed by atoms with Crippen molar-refractivity contribution >= 4 is 11.6 Å². The molecule has 1 atom stereocenters. The minimum Gasteiger partial charge on any atom is -0.372 e. The molecule has 1 fully saturated rings. The van der Waals surface area contributed by atoms with Gasteiger partial charge in [0.05, 0.1) is 6.04 Å². The summed E-state index contributed by atoms with van der Waals surface area (Å²) in [5.41, 5.74) is 2.88. The van der Waals surface area contributed by atoms with E-state index in [2.05, 4.69) is 20.2 Å². The Kier molecular flexibility index (Phi) is 4.65. The van der Waals surface area contributed by atoms with Gasteiger partial charge < -0.3 is 15.2 Å². The molecule has 5 heteroatoms. The quantitative estimate of drug-likeness (QED) is 0.911. The standard InChI is InChI=1S/C18H24N4O/c1-13-12-19-17(20-13)14(2)21-18(23)15-6-8-16(9-7-15)22-10-4-3-5-11-22/h6-9,12,14H,3-5,10-11H2,1-2H3,(H,19,20)(H,21,23)/t14-/m1/s1. The molecule has 0 radical (unpaired) electrons. The number of hydrogen-bond acceptors (Lipinski definition) is 3. The Hall–Kier alpha value is -2.30. The molecule has 1 aromatic heterocycles. The molecule has 122 valence electrons. The number of amides is 1. The van der Waals surface area contributed by atoms with Crippen molar-refractivity contribution in [1.29, 1.82) is 0 Å². The lowest BCUT2D eigenvalue weighted by Gasteiger charge is -2.28. The number of piperidine rings is 1. The van der Waals surface area contributed by atoms with E-state index in [0.717, 1.165) is 24.6 Å². The molecule has 2 aromatic rings. The van der Waals surface area contributed by atoms with Crippen LogP contribution in [0.2, 0.25) is 0 Å². The number of anilines is 1. The lowest BCUT2D eigenvalue weighted by molar-refractivity contribution is 0.0938. The predicted molar refractivity (Wildman–Crippen MR) is 91.7 cm³/mol. The maximum atomic E-state index is 12.4. The van der Waals surface area contributed by atoms with Gasteiger partial charge in [-0.15, -0.1) is 0 Å². The van der Waals surface area contributed by atoms with Crippen molar-refractivity contribution in [2.75, 3.05) is 18.0 Å². The first-order chi connectivity index (χ1) is 11.1. The van der Waals surface area contributed by atoms with Crippen LogP contribution in [0.3, 0.4) is 0 Å². The van der Waals surface area contributed by atoms with Crippen molar-refractivity contribution in [2.24, 2.45) is 0 Å². The molecule has 1 aliphatic rings. The topological polar surface area (TPSA) is 61.0 Å². The number of nitrogens with one attached hydrogen (secondary N) is 2. The molecule has 1 amide bonds. The average Bonchev–Trinajstić information content (AvgIpc) is 3.02.